The average molecular weight is 198 g/mol. The summed E-state index contributed by atoms with van der Waals surface area (Å²) in [5.41, 5.74) is 0.152. The summed E-state index contributed by atoms with van der Waals surface area (Å²) in [6, 6.07) is 0. The van der Waals surface area contributed by atoms with Gasteiger partial charge in [0.15, 0.2) is 0 Å². The molecule has 0 fully saturated rings. The highest BCUT2D eigenvalue weighted by atomic mass is 16.3. The molecule has 0 atom stereocenters. The normalized spacial score (nSPS) is 12.0. The number of nitrogens with zero attached hydrogens (tertiary/aromatic N) is 3. The average Bonchev–Trinajstić information content (AvgIpc) is 2.46. The predicted molar refractivity (Wildman–Crippen MR) is 53.7 cm³/mol. The van der Waals surface area contributed by atoms with Crippen LogP contribution in [0.4, 0.5) is 0 Å². The Morgan fingerprint density at radius 1 is 1.57 bits per heavy atom. The maximum absolute atomic E-state index is 9.55. The Hall–Kier alpha value is -0.940. The first-order valence-electron chi connectivity index (χ1n) is 4.83. The number of rotatable bonds is 5. The van der Waals surface area contributed by atoms with Gasteiger partial charge in [-0.15, -0.1) is 5.10 Å². The van der Waals surface area contributed by atoms with Crippen LogP contribution >= 0.6 is 0 Å². The molecule has 0 radical (unpaired) electrons. The Labute approximate surface area is 84.1 Å². The van der Waals surface area contributed by atoms with Crippen LogP contribution in [0.3, 0.4) is 0 Å². The van der Waals surface area contributed by atoms with Crippen LogP contribution in [0.5, 0.6) is 0 Å². The minimum Gasteiger partial charge on any atom is -0.389 e. The highest BCUT2D eigenvalue weighted by molar-refractivity contribution is 4.91. The lowest BCUT2D eigenvalue weighted by Gasteiger charge is -2.15. The highest BCUT2D eigenvalue weighted by Crippen LogP contribution is 2.04. The van der Waals surface area contributed by atoms with Crippen LogP contribution < -0.4 is 5.32 Å². The zero-order chi connectivity index (χ0) is 10.6. The molecule has 0 amide bonds. The van der Waals surface area contributed by atoms with Gasteiger partial charge in [-0.3, -0.25) is 0 Å². The highest BCUT2D eigenvalue weighted by Gasteiger charge is 2.14. The van der Waals surface area contributed by atoms with E-state index in [0.29, 0.717) is 6.54 Å². The summed E-state index contributed by atoms with van der Waals surface area (Å²) in [4.78, 5) is 0. The maximum atomic E-state index is 9.55. The lowest BCUT2D eigenvalue weighted by Crippen LogP contribution is -2.26. The monoisotopic (exact) mass is 198 g/mol. The number of aromatic nitrogens is 3. The second-order valence-electron chi connectivity index (χ2n) is 4.00. The molecule has 1 aromatic rings. The summed E-state index contributed by atoms with van der Waals surface area (Å²) >= 11 is 0. The summed E-state index contributed by atoms with van der Waals surface area (Å²) in [6.45, 7) is 7.64. The molecule has 2 N–H and O–H groups in total. The molecule has 0 unspecified atom stereocenters. The third-order valence-electron chi connectivity index (χ3n) is 1.69. The van der Waals surface area contributed by atoms with Gasteiger partial charge in [-0.25, -0.2) is 4.68 Å². The Morgan fingerprint density at radius 3 is 2.86 bits per heavy atom. The quantitative estimate of drug-likeness (QED) is 0.707. The van der Waals surface area contributed by atoms with Crippen molar-refractivity contribution in [3.8, 4) is 0 Å². The first-order valence-corrected chi connectivity index (χ1v) is 4.83. The van der Waals surface area contributed by atoms with E-state index in [1.807, 2.05) is 13.1 Å². The van der Waals surface area contributed by atoms with E-state index in [1.54, 1.807) is 18.5 Å². The fraction of sp³-hybridized carbons (Fsp3) is 0.778. The third-order valence-corrected chi connectivity index (χ3v) is 1.69. The largest absolute Gasteiger partial charge is 0.389 e. The van der Waals surface area contributed by atoms with Crippen molar-refractivity contribution in [2.24, 2.45) is 0 Å². The fourth-order valence-electron chi connectivity index (χ4n) is 1.15. The van der Waals surface area contributed by atoms with Crippen molar-refractivity contribution in [2.75, 3.05) is 6.54 Å². The molecule has 0 bridgehead atoms. The molecule has 1 rings (SSSR count). The molecule has 5 heteroatoms. The van der Waals surface area contributed by atoms with Crippen LogP contribution in [-0.2, 0) is 13.1 Å². The van der Waals surface area contributed by atoms with E-state index in [0.717, 1.165) is 18.8 Å². The predicted octanol–water partition coefficient (Wildman–Crippen LogP) is 0.158. The van der Waals surface area contributed by atoms with Crippen molar-refractivity contribution in [1.82, 2.24) is 20.3 Å². The first-order chi connectivity index (χ1) is 6.51. The Morgan fingerprint density at radius 2 is 2.29 bits per heavy atom. The molecule has 0 aliphatic carbocycles. The van der Waals surface area contributed by atoms with Gasteiger partial charge >= 0.3 is 0 Å². The van der Waals surface area contributed by atoms with Gasteiger partial charge in [-0.1, -0.05) is 12.1 Å². The van der Waals surface area contributed by atoms with E-state index in [1.165, 1.54) is 0 Å². The van der Waals surface area contributed by atoms with E-state index in [-0.39, 0.29) is 0 Å². The van der Waals surface area contributed by atoms with E-state index in [9.17, 15) is 5.11 Å². The van der Waals surface area contributed by atoms with E-state index < -0.39 is 5.60 Å². The van der Waals surface area contributed by atoms with E-state index in [2.05, 4.69) is 15.6 Å². The molecular weight excluding hydrogens is 180 g/mol. The van der Waals surface area contributed by atoms with Gasteiger partial charge in [0.25, 0.3) is 0 Å². The summed E-state index contributed by atoms with van der Waals surface area (Å²) < 4.78 is 1.66. The second kappa shape index (κ2) is 4.52. The molecule has 0 spiro atoms. The zero-order valence-electron chi connectivity index (χ0n) is 8.99. The van der Waals surface area contributed by atoms with Gasteiger partial charge in [0.05, 0.1) is 17.8 Å². The third kappa shape index (κ3) is 3.85. The minimum absolute atomic E-state index is 0.464. The SMILES string of the molecule is CCNCc1cn(CC(C)(C)O)nn1. The van der Waals surface area contributed by atoms with Crippen LogP contribution in [-0.4, -0.2) is 32.2 Å². The summed E-state index contributed by atoms with van der Waals surface area (Å²) in [7, 11) is 0. The number of nitrogens with one attached hydrogen (secondary N) is 1. The molecule has 0 saturated carbocycles. The van der Waals surface area contributed by atoms with Crippen molar-refractivity contribution < 1.29 is 5.11 Å². The van der Waals surface area contributed by atoms with E-state index in [4.69, 9.17) is 0 Å². The molecule has 0 aromatic carbocycles. The van der Waals surface area contributed by atoms with Gasteiger partial charge in [0, 0.05) is 12.7 Å². The summed E-state index contributed by atoms with van der Waals surface area (Å²) in [5.74, 6) is 0. The minimum atomic E-state index is -0.747. The van der Waals surface area contributed by atoms with Crippen molar-refractivity contribution in [2.45, 2.75) is 39.5 Å². The molecule has 0 aliphatic rings. The van der Waals surface area contributed by atoms with Crippen LogP contribution in [0.2, 0.25) is 0 Å². The number of aliphatic hydroxyl groups is 1. The summed E-state index contributed by atoms with van der Waals surface area (Å²) in [5, 5.41) is 20.6. The molecule has 0 saturated heterocycles. The smallest absolute Gasteiger partial charge is 0.0964 e. The van der Waals surface area contributed by atoms with Crippen molar-refractivity contribution in [1.29, 1.82) is 0 Å². The Balaban J connectivity index is 2.51. The number of hydrogen-bond acceptors (Lipinski definition) is 4. The molecule has 1 aromatic heterocycles. The maximum Gasteiger partial charge on any atom is 0.0964 e. The fourth-order valence-corrected chi connectivity index (χ4v) is 1.15. The Bertz CT molecular complexity index is 277. The van der Waals surface area contributed by atoms with Gasteiger partial charge in [0.2, 0.25) is 0 Å². The summed E-state index contributed by atoms with van der Waals surface area (Å²) in [6.07, 6.45) is 1.85. The van der Waals surface area contributed by atoms with E-state index >= 15 is 0 Å². The topological polar surface area (TPSA) is 63.0 Å². The van der Waals surface area contributed by atoms with Crippen LogP contribution in [0, 0.1) is 0 Å². The standard InChI is InChI=1S/C9H18N4O/c1-4-10-5-8-6-13(12-11-8)7-9(2,3)14/h6,10,14H,4-5,7H2,1-3H3. The van der Waals surface area contributed by atoms with Gasteiger partial charge in [-0.05, 0) is 20.4 Å². The van der Waals surface area contributed by atoms with Gasteiger partial charge < -0.3 is 10.4 Å². The molecule has 5 nitrogen and oxygen atoms in total. The Kier molecular flexibility index (Phi) is 3.60. The van der Waals surface area contributed by atoms with Crippen LogP contribution in [0.1, 0.15) is 26.5 Å². The van der Waals surface area contributed by atoms with Gasteiger partial charge in [0.1, 0.15) is 0 Å². The van der Waals surface area contributed by atoms with Crippen LogP contribution in [0.25, 0.3) is 0 Å². The molecule has 80 valence electrons. The first kappa shape index (κ1) is 11.1. The lowest BCUT2D eigenvalue weighted by molar-refractivity contribution is 0.0571. The van der Waals surface area contributed by atoms with Crippen LogP contribution in [0.15, 0.2) is 6.20 Å². The second-order valence-corrected chi connectivity index (χ2v) is 4.00. The van der Waals surface area contributed by atoms with Crippen molar-refractivity contribution in [3.63, 3.8) is 0 Å². The van der Waals surface area contributed by atoms with Gasteiger partial charge in [-0.2, -0.15) is 0 Å². The molecule has 1 heterocycles. The van der Waals surface area contributed by atoms with Crippen molar-refractivity contribution in [3.05, 3.63) is 11.9 Å². The molecule has 0 aliphatic heterocycles. The lowest BCUT2D eigenvalue weighted by atomic mass is 10.1. The van der Waals surface area contributed by atoms with Crippen molar-refractivity contribution >= 4 is 0 Å². The molecule has 14 heavy (non-hydrogen) atoms. The number of hydrogen-bond donors (Lipinski definition) is 2. The zero-order valence-corrected chi connectivity index (χ0v) is 8.99. The molecular formula is C9H18N4O.